The van der Waals surface area contributed by atoms with Gasteiger partial charge in [-0.2, -0.15) is 0 Å². The molecule has 0 aromatic heterocycles. The van der Waals surface area contributed by atoms with Crippen molar-refractivity contribution in [2.75, 3.05) is 0 Å². The van der Waals surface area contributed by atoms with E-state index in [4.69, 9.17) is 4.74 Å². The molecule has 0 spiro atoms. The minimum Gasteiger partial charge on any atom is -0.367 e. The Morgan fingerprint density at radius 2 is 1.77 bits per heavy atom. The molecule has 4 fully saturated rings. The lowest BCUT2D eigenvalue weighted by molar-refractivity contribution is -0.255. The molecule has 126 valence electrons. The Hall–Kier alpha value is -0.0800. The van der Waals surface area contributed by atoms with E-state index in [1.807, 2.05) is 0 Å². The summed E-state index contributed by atoms with van der Waals surface area (Å²) in [6.45, 7) is 8.70. The lowest BCUT2D eigenvalue weighted by Crippen LogP contribution is -2.50. The second kappa shape index (κ2) is 4.96. The first-order valence-corrected chi connectivity index (χ1v) is 9.77. The number of aliphatic hydroxyl groups excluding tert-OH is 1. The third kappa shape index (κ3) is 1.92. The summed E-state index contributed by atoms with van der Waals surface area (Å²) in [5, 5.41) is 10.7. The summed E-state index contributed by atoms with van der Waals surface area (Å²) in [4.78, 5) is 0. The molecule has 0 aromatic carbocycles. The van der Waals surface area contributed by atoms with Gasteiger partial charge in [0.05, 0.1) is 5.60 Å². The van der Waals surface area contributed by atoms with Gasteiger partial charge in [-0.3, -0.25) is 0 Å². The van der Waals surface area contributed by atoms with E-state index in [9.17, 15) is 5.11 Å². The van der Waals surface area contributed by atoms with Crippen LogP contribution in [0.3, 0.4) is 0 Å². The zero-order chi connectivity index (χ0) is 15.7. The van der Waals surface area contributed by atoms with Crippen LogP contribution in [0.5, 0.6) is 0 Å². The molecule has 2 heteroatoms. The highest BCUT2D eigenvalue weighted by molar-refractivity contribution is 5.16. The van der Waals surface area contributed by atoms with E-state index >= 15 is 0 Å². The molecule has 4 rings (SSSR count). The molecule has 0 aromatic rings. The monoisotopic (exact) mass is 306 g/mol. The average Bonchev–Trinajstić information content (AvgIpc) is 3.24. The fourth-order valence-electron chi connectivity index (χ4n) is 6.88. The summed E-state index contributed by atoms with van der Waals surface area (Å²) >= 11 is 0. The van der Waals surface area contributed by atoms with Gasteiger partial charge in [-0.15, -0.1) is 0 Å². The van der Waals surface area contributed by atoms with Crippen LogP contribution in [-0.2, 0) is 4.74 Å². The first-order chi connectivity index (χ1) is 10.4. The van der Waals surface area contributed by atoms with Gasteiger partial charge < -0.3 is 9.84 Å². The number of ether oxygens (including phenoxy) is 1. The van der Waals surface area contributed by atoms with Crippen LogP contribution in [0.25, 0.3) is 0 Å². The van der Waals surface area contributed by atoms with Crippen molar-refractivity contribution in [2.24, 2.45) is 40.9 Å². The van der Waals surface area contributed by atoms with Crippen LogP contribution in [-0.4, -0.2) is 17.0 Å². The highest BCUT2D eigenvalue weighted by atomic mass is 16.6. The minimum absolute atomic E-state index is 0.0256. The van der Waals surface area contributed by atoms with Crippen molar-refractivity contribution in [3.63, 3.8) is 0 Å². The summed E-state index contributed by atoms with van der Waals surface area (Å²) in [5.74, 6) is 5.58. The summed E-state index contributed by atoms with van der Waals surface area (Å²) in [7, 11) is 0. The normalized spacial score (nSPS) is 50.6. The summed E-state index contributed by atoms with van der Waals surface area (Å²) in [6.07, 6.45) is 8.49. The van der Waals surface area contributed by atoms with E-state index in [-0.39, 0.29) is 11.0 Å². The number of rotatable bonds is 5. The van der Waals surface area contributed by atoms with Crippen molar-refractivity contribution in [1.82, 2.24) is 0 Å². The second-order valence-corrected chi connectivity index (χ2v) is 9.52. The molecule has 0 saturated heterocycles. The fourth-order valence-corrected chi connectivity index (χ4v) is 6.88. The van der Waals surface area contributed by atoms with Gasteiger partial charge in [0.2, 0.25) is 0 Å². The highest BCUT2D eigenvalue weighted by Crippen LogP contribution is 2.71. The number of hydrogen-bond donors (Lipinski definition) is 1. The van der Waals surface area contributed by atoms with Crippen molar-refractivity contribution in [2.45, 2.75) is 84.5 Å². The summed E-state index contributed by atoms with van der Waals surface area (Å²) in [6, 6.07) is 0. The maximum atomic E-state index is 10.7. The molecule has 2 nitrogen and oxygen atoms in total. The molecule has 1 N–H and O–H groups in total. The van der Waals surface area contributed by atoms with Crippen LogP contribution in [0.15, 0.2) is 0 Å². The Balaban J connectivity index is 1.56. The maximum absolute atomic E-state index is 10.7. The molecule has 7 unspecified atom stereocenters. The quantitative estimate of drug-likeness (QED) is 0.594. The largest absolute Gasteiger partial charge is 0.367 e. The smallest absolute Gasteiger partial charge is 0.160 e. The predicted octanol–water partition coefficient (Wildman–Crippen LogP) is 4.61. The standard InChI is InChI=1S/C20H34O2/c1-5-19(3,4)18(21)22-20(6-2)11-14-10-15(20)17-13-8-7-12(9-13)16(14)17/h12-18,21H,5-11H2,1-4H3/t12?,13?,14?,15?,16?,17?,18?,20-/m0/s1. The third-order valence-electron chi connectivity index (χ3n) is 8.42. The zero-order valence-corrected chi connectivity index (χ0v) is 14.8. The highest BCUT2D eigenvalue weighted by Gasteiger charge is 2.67. The molecule has 8 atom stereocenters. The Bertz CT molecular complexity index is 445. The SMILES string of the molecule is CCC(C)(C)C(O)O[C@@]1(CC)CC2CC1C1C3CCC(C3)C21. The van der Waals surface area contributed by atoms with Gasteiger partial charge in [-0.1, -0.05) is 27.7 Å². The zero-order valence-electron chi connectivity index (χ0n) is 14.8. The Morgan fingerprint density at radius 3 is 2.41 bits per heavy atom. The molecule has 0 radical (unpaired) electrons. The number of fused-ring (bicyclic) bond motifs is 9. The van der Waals surface area contributed by atoms with Crippen LogP contribution < -0.4 is 0 Å². The van der Waals surface area contributed by atoms with Gasteiger partial charge in [-0.05, 0) is 80.5 Å². The Kier molecular flexibility index (Phi) is 3.48. The summed E-state index contributed by atoms with van der Waals surface area (Å²) < 4.78 is 6.51. The Labute approximate surface area is 136 Å². The molecule has 4 saturated carbocycles. The van der Waals surface area contributed by atoms with E-state index in [2.05, 4.69) is 27.7 Å². The van der Waals surface area contributed by atoms with Gasteiger partial charge >= 0.3 is 0 Å². The van der Waals surface area contributed by atoms with Crippen molar-refractivity contribution >= 4 is 0 Å². The van der Waals surface area contributed by atoms with Crippen LogP contribution in [0.2, 0.25) is 0 Å². The van der Waals surface area contributed by atoms with E-state index in [0.717, 1.165) is 48.3 Å². The number of aliphatic hydroxyl groups is 1. The summed E-state index contributed by atoms with van der Waals surface area (Å²) in [5.41, 5.74) is -0.166. The molecule has 0 amide bonds. The van der Waals surface area contributed by atoms with Crippen molar-refractivity contribution in [3.8, 4) is 0 Å². The average molecular weight is 306 g/mol. The van der Waals surface area contributed by atoms with Gasteiger partial charge in [0, 0.05) is 5.41 Å². The van der Waals surface area contributed by atoms with E-state index < -0.39 is 6.29 Å². The van der Waals surface area contributed by atoms with Crippen LogP contribution in [0, 0.1) is 40.9 Å². The molecule has 0 aliphatic heterocycles. The lowest BCUT2D eigenvalue weighted by Gasteiger charge is -2.48. The van der Waals surface area contributed by atoms with Crippen molar-refractivity contribution < 1.29 is 9.84 Å². The maximum Gasteiger partial charge on any atom is 0.160 e. The number of hydrogen-bond acceptors (Lipinski definition) is 2. The predicted molar refractivity (Wildman–Crippen MR) is 88.2 cm³/mol. The van der Waals surface area contributed by atoms with E-state index in [0.29, 0.717) is 0 Å². The molecule has 4 bridgehead atoms. The van der Waals surface area contributed by atoms with Gasteiger partial charge in [0.25, 0.3) is 0 Å². The van der Waals surface area contributed by atoms with Gasteiger partial charge in [0.15, 0.2) is 6.29 Å². The fraction of sp³-hybridized carbons (Fsp3) is 1.00. The minimum atomic E-state index is -0.617. The molecule has 22 heavy (non-hydrogen) atoms. The van der Waals surface area contributed by atoms with Gasteiger partial charge in [0.1, 0.15) is 0 Å². The lowest BCUT2D eigenvalue weighted by atomic mass is 9.65. The third-order valence-corrected chi connectivity index (χ3v) is 8.42. The van der Waals surface area contributed by atoms with Crippen LogP contribution in [0.1, 0.15) is 72.6 Å². The molecule has 4 aliphatic carbocycles. The van der Waals surface area contributed by atoms with Crippen molar-refractivity contribution in [3.05, 3.63) is 0 Å². The topological polar surface area (TPSA) is 29.5 Å². The van der Waals surface area contributed by atoms with Crippen LogP contribution in [0.4, 0.5) is 0 Å². The van der Waals surface area contributed by atoms with E-state index in [1.165, 1.54) is 32.1 Å². The van der Waals surface area contributed by atoms with E-state index in [1.54, 1.807) is 0 Å². The van der Waals surface area contributed by atoms with Gasteiger partial charge in [-0.25, -0.2) is 0 Å². The molecular formula is C20H34O2. The molecule has 4 aliphatic rings. The molecule has 0 heterocycles. The first-order valence-electron chi connectivity index (χ1n) is 9.77. The first kappa shape index (κ1) is 15.4. The second-order valence-electron chi connectivity index (χ2n) is 9.52. The molecular weight excluding hydrogens is 272 g/mol. The van der Waals surface area contributed by atoms with Crippen molar-refractivity contribution in [1.29, 1.82) is 0 Å². The van der Waals surface area contributed by atoms with Crippen LogP contribution >= 0.6 is 0 Å². The Morgan fingerprint density at radius 1 is 1.09 bits per heavy atom.